The second-order valence-corrected chi connectivity index (χ2v) is 6.19. The zero-order valence-electron chi connectivity index (χ0n) is 11.9. The fraction of sp³-hybridized carbons (Fsp3) is 0.467. The molecule has 0 aromatic heterocycles. The molecular formula is C15H19BrN2O3. The number of halogens is 1. The topological polar surface area (TPSA) is 69.6 Å². The molecule has 1 aromatic carbocycles. The molecule has 1 heterocycles. The number of likely N-dealkylation sites (tertiary alicyclic amines) is 1. The van der Waals surface area contributed by atoms with Gasteiger partial charge in [-0.3, -0.25) is 4.79 Å². The molecule has 1 aliphatic heterocycles. The number of hydrogen-bond acceptors (Lipinski definition) is 2. The van der Waals surface area contributed by atoms with Gasteiger partial charge in [-0.15, -0.1) is 0 Å². The Balaban J connectivity index is 1.90. The van der Waals surface area contributed by atoms with Crippen LogP contribution in [0.25, 0.3) is 0 Å². The number of urea groups is 1. The summed E-state index contributed by atoms with van der Waals surface area (Å²) in [4.78, 5) is 24.6. The largest absolute Gasteiger partial charge is 0.481 e. The van der Waals surface area contributed by atoms with Gasteiger partial charge in [0.05, 0.1) is 5.69 Å². The average molecular weight is 355 g/mol. The smallest absolute Gasteiger partial charge is 0.321 e. The minimum absolute atomic E-state index is 0.126. The van der Waals surface area contributed by atoms with Crippen LogP contribution in [0.5, 0.6) is 0 Å². The molecule has 2 N–H and O–H groups in total. The maximum absolute atomic E-state index is 12.2. The van der Waals surface area contributed by atoms with Crippen LogP contribution in [-0.2, 0) is 4.79 Å². The first-order chi connectivity index (χ1) is 9.97. The van der Waals surface area contributed by atoms with Crippen LogP contribution < -0.4 is 5.32 Å². The Hall–Kier alpha value is -1.56. The molecule has 0 radical (unpaired) electrons. The van der Waals surface area contributed by atoms with Crippen LogP contribution >= 0.6 is 15.9 Å². The number of anilines is 1. The third kappa shape index (κ3) is 4.20. The molecule has 1 fully saturated rings. The van der Waals surface area contributed by atoms with E-state index in [0.717, 1.165) is 22.1 Å². The molecule has 0 spiro atoms. The molecule has 1 atom stereocenters. The third-order valence-corrected chi connectivity index (χ3v) is 4.83. The van der Waals surface area contributed by atoms with E-state index in [-0.39, 0.29) is 18.4 Å². The monoisotopic (exact) mass is 354 g/mol. The van der Waals surface area contributed by atoms with Gasteiger partial charge in [0.15, 0.2) is 0 Å². The molecule has 0 saturated carbocycles. The summed E-state index contributed by atoms with van der Waals surface area (Å²) < 4.78 is 0.889. The molecule has 2 amide bonds. The van der Waals surface area contributed by atoms with Crippen molar-refractivity contribution >= 4 is 33.6 Å². The quantitative estimate of drug-likeness (QED) is 0.869. The lowest BCUT2D eigenvalue weighted by atomic mass is 10.0. The van der Waals surface area contributed by atoms with Crippen molar-refractivity contribution in [3.63, 3.8) is 0 Å². The molecule has 5 nitrogen and oxygen atoms in total. The third-order valence-electron chi connectivity index (χ3n) is 3.77. The molecule has 1 aliphatic rings. The molecular weight excluding hydrogens is 336 g/mol. The number of carbonyl (C=O) groups is 2. The highest BCUT2D eigenvalue weighted by molar-refractivity contribution is 9.10. The van der Waals surface area contributed by atoms with Gasteiger partial charge < -0.3 is 15.3 Å². The maximum Gasteiger partial charge on any atom is 0.321 e. The number of benzene rings is 1. The fourth-order valence-electron chi connectivity index (χ4n) is 2.52. The second-order valence-electron chi connectivity index (χ2n) is 5.40. The van der Waals surface area contributed by atoms with Crippen molar-refractivity contribution in [2.75, 3.05) is 18.4 Å². The van der Waals surface area contributed by atoms with Crippen LogP contribution in [0.1, 0.15) is 24.8 Å². The van der Waals surface area contributed by atoms with Crippen molar-refractivity contribution in [3.8, 4) is 0 Å². The zero-order chi connectivity index (χ0) is 15.4. The Labute approximate surface area is 132 Å². The van der Waals surface area contributed by atoms with Gasteiger partial charge in [-0.05, 0) is 53.2 Å². The van der Waals surface area contributed by atoms with Gasteiger partial charge in [-0.25, -0.2) is 4.79 Å². The molecule has 2 rings (SSSR count). The number of aryl methyl sites for hydroxylation is 1. The Morgan fingerprint density at radius 1 is 1.48 bits per heavy atom. The van der Waals surface area contributed by atoms with Gasteiger partial charge in [0.25, 0.3) is 0 Å². The van der Waals surface area contributed by atoms with Crippen LogP contribution in [0, 0.1) is 12.8 Å². The number of amides is 2. The first-order valence-corrected chi connectivity index (χ1v) is 7.79. The predicted molar refractivity (Wildman–Crippen MR) is 84.4 cm³/mol. The van der Waals surface area contributed by atoms with Crippen molar-refractivity contribution in [1.29, 1.82) is 0 Å². The summed E-state index contributed by atoms with van der Waals surface area (Å²) in [6, 6.07) is 5.60. The summed E-state index contributed by atoms with van der Waals surface area (Å²) in [7, 11) is 0. The summed E-state index contributed by atoms with van der Waals surface area (Å²) in [5.41, 5.74) is 1.82. The number of carboxylic acid groups (broad SMARTS) is 1. The second kappa shape index (κ2) is 6.93. The molecule has 0 bridgehead atoms. The van der Waals surface area contributed by atoms with Gasteiger partial charge in [0, 0.05) is 24.0 Å². The average Bonchev–Trinajstić information content (AvgIpc) is 2.90. The summed E-state index contributed by atoms with van der Waals surface area (Å²) >= 11 is 3.47. The highest BCUT2D eigenvalue weighted by atomic mass is 79.9. The van der Waals surface area contributed by atoms with Crippen molar-refractivity contribution in [3.05, 3.63) is 28.2 Å². The minimum atomic E-state index is -0.776. The van der Waals surface area contributed by atoms with E-state index in [4.69, 9.17) is 5.11 Å². The normalized spacial score (nSPS) is 17.8. The Morgan fingerprint density at radius 3 is 2.95 bits per heavy atom. The summed E-state index contributed by atoms with van der Waals surface area (Å²) in [5, 5.41) is 11.6. The van der Waals surface area contributed by atoms with Crippen molar-refractivity contribution in [2.45, 2.75) is 26.2 Å². The Bertz CT molecular complexity index is 548. The molecule has 21 heavy (non-hydrogen) atoms. The van der Waals surface area contributed by atoms with Gasteiger partial charge in [0.2, 0.25) is 0 Å². The molecule has 1 aromatic rings. The van der Waals surface area contributed by atoms with Crippen molar-refractivity contribution < 1.29 is 14.7 Å². The number of hydrogen-bond donors (Lipinski definition) is 2. The Kier molecular flexibility index (Phi) is 5.22. The van der Waals surface area contributed by atoms with Crippen molar-refractivity contribution in [1.82, 2.24) is 4.90 Å². The molecule has 114 valence electrons. The first-order valence-electron chi connectivity index (χ1n) is 7.00. The van der Waals surface area contributed by atoms with Gasteiger partial charge in [-0.2, -0.15) is 0 Å². The number of aliphatic carboxylic acids is 1. The number of carbonyl (C=O) groups excluding carboxylic acids is 1. The lowest BCUT2D eigenvalue weighted by Gasteiger charge is -2.18. The number of nitrogens with zero attached hydrogens (tertiary/aromatic N) is 1. The maximum atomic E-state index is 12.2. The standard InChI is InChI=1S/C15H19BrN2O3/c1-10-3-2-4-12(14(10)16)17-15(21)18-8-7-11(9-18)5-6-13(19)20/h2-4,11H,5-9H2,1H3,(H,17,21)(H,19,20). The first kappa shape index (κ1) is 15.8. The van der Waals surface area contributed by atoms with E-state index in [1.165, 1.54) is 0 Å². The van der Waals surface area contributed by atoms with E-state index in [9.17, 15) is 9.59 Å². The summed E-state index contributed by atoms with van der Waals surface area (Å²) in [6.45, 7) is 3.28. The van der Waals surface area contributed by atoms with Gasteiger partial charge in [-0.1, -0.05) is 12.1 Å². The summed E-state index contributed by atoms with van der Waals surface area (Å²) in [5.74, 6) is -0.491. The van der Waals surface area contributed by atoms with E-state index < -0.39 is 5.97 Å². The SMILES string of the molecule is Cc1cccc(NC(=O)N2CCC(CCC(=O)O)C2)c1Br. The lowest BCUT2D eigenvalue weighted by Crippen LogP contribution is -2.33. The van der Waals surface area contributed by atoms with Crippen LogP contribution in [-0.4, -0.2) is 35.1 Å². The number of carboxylic acids is 1. The highest BCUT2D eigenvalue weighted by Crippen LogP contribution is 2.27. The number of nitrogens with one attached hydrogen (secondary N) is 1. The Morgan fingerprint density at radius 2 is 2.24 bits per heavy atom. The van der Waals surface area contributed by atoms with Gasteiger partial charge >= 0.3 is 12.0 Å². The molecule has 1 unspecified atom stereocenters. The molecule has 0 aliphatic carbocycles. The van der Waals surface area contributed by atoms with Crippen LogP contribution in [0.4, 0.5) is 10.5 Å². The lowest BCUT2D eigenvalue weighted by molar-refractivity contribution is -0.137. The molecule has 6 heteroatoms. The van der Waals surface area contributed by atoms with E-state index >= 15 is 0 Å². The van der Waals surface area contributed by atoms with Crippen LogP contribution in [0.2, 0.25) is 0 Å². The van der Waals surface area contributed by atoms with E-state index in [0.29, 0.717) is 19.5 Å². The minimum Gasteiger partial charge on any atom is -0.481 e. The van der Waals surface area contributed by atoms with E-state index in [1.807, 2.05) is 25.1 Å². The van der Waals surface area contributed by atoms with Crippen molar-refractivity contribution in [2.24, 2.45) is 5.92 Å². The van der Waals surface area contributed by atoms with Crippen LogP contribution in [0.3, 0.4) is 0 Å². The summed E-state index contributed by atoms with van der Waals surface area (Å²) in [6.07, 6.45) is 1.67. The van der Waals surface area contributed by atoms with E-state index in [1.54, 1.807) is 4.90 Å². The van der Waals surface area contributed by atoms with Crippen LogP contribution in [0.15, 0.2) is 22.7 Å². The van der Waals surface area contributed by atoms with Gasteiger partial charge in [0.1, 0.15) is 0 Å². The van der Waals surface area contributed by atoms with E-state index in [2.05, 4.69) is 21.2 Å². The fourth-order valence-corrected chi connectivity index (χ4v) is 2.88. The zero-order valence-corrected chi connectivity index (χ0v) is 13.5. The highest BCUT2D eigenvalue weighted by Gasteiger charge is 2.26. The number of rotatable bonds is 4. The molecule has 1 saturated heterocycles. The predicted octanol–water partition coefficient (Wildman–Crippen LogP) is 3.48.